The van der Waals surface area contributed by atoms with Crippen molar-refractivity contribution in [3.05, 3.63) is 81.9 Å². The van der Waals surface area contributed by atoms with Crippen LogP contribution in [0.4, 0.5) is 0 Å². The van der Waals surface area contributed by atoms with Crippen LogP contribution in [0.15, 0.2) is 59.7 Å². The molecule has 2 aromatic rings. The van der Waals surface area contributed by atoms with Gasteiger partial charge in [-0.15, -0.1) is 0 Å². The van der Waals surface area contributed by atoms with Gasteiger partial charge < -0.3 is 0 Å². The fraction of sp³-hybridized carbons (Fsp3) is 0.273. The molecule has 2 aromatic carbocycles. The van der Waals surface area contributed by atoms with Crippen molar-refractivity contribution in [1.29, 1.82) is 0 Å². The molecular formula is C22H22Ti. The predicted octanol–water partition coefficient (Wildman–Crippen LogP) is 6.17. The molecular weight excluding hydrogens is 312 g/mol. The monoisotopic (exact) mass is 334 g/mol. The van der Waals surface area contributed by atoms with Crippen molar-refractivity contribution in [2.75, 3.05) is 0 Å². The van der Waals surface area contributed by atoms with Gasteiger partial charge >= 0.3 is 148 Å². The van der Waals surface area contributed by atoms with Crippen LogP contribution in [-0.2, 0) is 19.2 Å². The molecule has 0 heterocycles. The van der Waals surface area contributed by atoms with E-state index in [0.717, 1.165) is 0 Å². The van der Waals surface area contributed by atoms with Crippen molar-refractivity contribution in [2.24, 2.45) is 0 Å². The molecule has 2 atom stereocenters. The van der Waals surface area contributed by atoms with Gasteiger partial charge in [-0.2, -0.15) is 0 Å². The van der Waals surface area contributed by atoms with Gasteiger partial charge in [0.15, 0.2) is 0 Å². The van der Waals surface area contributed by atoms with E-state index in [-0.39, 0.29) is 19.2 Å². The summed E-state index contributed by atoms with van der Waals surface area (Å²) in [6.07, 6.45) is 0. The van der Waals surface area contributed by atoms with E-state index in [0.29, 0.717) is 8.45 Å². The van der Waals surface area contributed by atoms with Crippen LogP contribution in [0.25, 0.3) is 11.1 Å². The summed E-state index contributed by atoms with van der Waals surface area (Å²) in [7, 11) is 0. The van der Waals surface area contributed by atoms with Gasteiger partial charge in [-0.25, -0.2) is 0 Å². The molecule has 2 aliphatic carbocycles. The van der Waals surface area contributed by atoms with E-state index in [2.05, 4.69) is 76.2 Å². The number of rotatable bonds is 2. The number of hydrogen-bond acceptors (Lipinski definition) is 0. The molecule has 0 nitrogen and oxygen atoms in total. The first-order valence-corrected chi connectivity index (χ1v) is 10.2. The molecule has 2 aliphatic rings. The second kappa shape index (κ2) is 5.62. The zero-order valence-electron chi connectivity index (χ0n) is 14.3. The Balaban J connectivity index is 1.75. The van der Waals surface area contributed by atoms with Gasteiger partial charge in [0.2, 0.25) is 0 Å². The van der Waals surface area contributed by atoms with E-state index in [1.54, 1.807) is 22.3 Å². The first-order valence-electron chi connectivity index (χ1n) is 8.39. The molecule has 4 rings (SSSR count). The standard InChI is InChI=1S/2C11H11.Ti/c2*1-8-7-10-5-3-4-6-11(10)9(8)2;/h2*3-7H,1-2H3;. The van der Waals surface area contributed by atoms with Gasteiger partial charge in [-0.1, -0.05) is 0 Å². The average Bonchev–Trinajstić information content (AvgIpc) is 2.97. The van der Waals surface area contributed by atoms with Gasteiger partial charge in [-0.05, 0) is 0 Å². The van der Waals surface area contributed by atoms with Crippen LogP contribution in [0.1, 0.15) is 58.4 Å². The topological polar surface area (TPSA) is 0 Å². The number of benzene rings is 2. The first-order chi connectivity index (χ1) is 11.1. The Hall–Kier alpha value is -1.37. The van der Waals surface area contributed by atoms with Crippen LogP contribution in [0.3, 0.4) is 0 Å². The molecule has 0 aromatic heterocycles. The molecule has 0 aliphatic heterocycles. The van der Waals surface area contributed by atoms with Crippen molar-refractivity contribution in [1.82, 2.24) is 0 Å². The van der Waals surface area contributed by atoms with E-state index in [9.17, 15) is 0 Å². The Kier molecular flexibility index (Phi) is 3.71. The Morgan fingerprint density at radius 3 is 1.43 bits per heavy atom. The van der Waals surface area contributed by atoms with Gasteiger partial charge in [0.05, 0.1) is 0 Å². The van der Waals surface area contributed by atoms with Gasteiger partial charge in [0, 0.05) is 0 Å². The quantitative estimate of drug-likeness (QED) is 0.577. The van der Waals surface area contributed by atoms with Gasteiger partial charge in [-0.3, -0.25) is 0 Å². The third kappa shape index (κ3) is 2.23. The van der Waals surface area contributed by atoms with Crippen LogP contribution < -0.4 is 0 Å². The zero-order chi connectivity index (χ0) is 16.1. The summed E-state index contributed by atoms with van der Waals surface area (Å²) < 4.78 is 1.37. The Morgan fingerprint density at radius 2 is 1.00 bits per heavy atom. The van der Waals surface area contributed by atoms with E-state index in [1.165, 1.54) is 22.3 Å². The van der Waals surface area contributed by atoms with Crippen LogP contribution in [-0.4, -0.2) is 0 Å². The molecule has 0 N–H and O–H groups in total. The second-order valence-electron chi connectivity index (χ2n) is 6.82. The van der Waals surface area contributed by atoms with Crippen LogP contribution in [0, 0.1) is 0 Å². The van der Waals surface area contributed by atoms with E-state index in [1.807, 2.05) is 0 Å². The molecule has 0 radical (unpaired) electrons. The third-order valence-corrected chi connectivity index (χ3v) is 9.10. The summed E-state index contributed by atoms with van der Waals surface area (Å²) >= 11 is -0.175. The minimum absolute atomic E-state index is 0.175. The predicted molar refractivity (Wildman–Crippen MR) is 94.9 cm³/mol. The molecule has 114 valence electrons. The van der Waals surface area contributed by atoms with E-state index in [4.69, 9.17) is 0 Å². The third-order valence-electron chi connectivity index (χ3n) is 5.73. The second-order valence-corrected chi connectivity index (χ2v) is 9.15. The van der Waals surface area contributed by atoms with Crippen molar-refractivity contribution in [2.45, 2.75) is 36.1 Å². The summed E-state index contributed by atoms with van der Waals surface area (Å²) in [6.45, 7) is 9.32. The summed E-state index contributed by atoms with van der Waals surface area (Å²) in [5.41, 5.74) is 12.4. The summed E-state index contributed by atoms with van der Waals surface area (Å²) in [6, 6.07) is 18.1. The van der Waals surface area contributed by atoms with Crippen LogP contribution in [0.5, 0.6) is 0 Å². The molecule has 23 heavy (non-hydrogen) atoms. The number of hydrogen-bond donors (Lipinski definition) is 0. The molecule has 0 saturated carbocycles. The van der Waals surface area contributed by atoms with E-state index >= 15 is 0 Å². The normalized spacial score (nSPS) is 22.4. The Bertz CT molecular complexity index is 782. The maximum absolute atomic E-state index is 2.36. The molecule has 2 unspecified atom stereocenters. The van der Waals surface area contributed by atoms with E-state index < -0.39 is 0 Å². The summed E-state index contributed by atoms with van der Waals surface area (Å²) in [4.78, 5) is 0. The molecule has 0 spiro atoms. The Labute approximate surface area is 148 Å². The number of fused-ring (bicyclic) bond motifs is 2. The minimum atomic E-state index is -0.175. The van der Waals surface area contributed by atoms with Crippen LogP contribution >= 0.6 is 0 Å². The maximum atomic E-state index is 2.36. The molecule has 0 fully saturated rings. The number of allylic oxidation sites excluding steroid dienone is 4. The summed E-state index contributed by atoms with van der Waals surface area (Å²) in [5.74, 6) is 0. The molecule has 1 heteroatoms. The van der Waals surface area contributed by atoms with Gasteiger partial charge in [0.1, 0.15) is 0 Å². The SMILES string of the molecule is CC1=C(C)[CH]([Ti][CH]2C(C)=C(C)c3ccccc32)c2ccccc21. The first kappa shape index (κ1) is 15.2. The summed E-state index contributed by atoms with van der Waals surface area (Å²) in [5, 5.41) is 0. The van der Waals surface area contributed by atoms with Crippen molar-refractivity contribution < 1.29 is 19.2 Å². The zero-order valence-corrected chi connectivity index (χ0v) is 15.8. The molecule has 0 bridgehead atoms. The van der Waals surface area contributed by atoms with Crippen molar-refractivity contribution in [3.8, 4) is 0 Å². The Morgan fingerprint density at radius 1 is 0.609 bits per heavy atom. The van der Waals surface area contributed by atoms with Crippen LogP contribution in [0.2, 0.25) is 0 Å². The fourth-order valence-electron chi connectivity index (χ4n) is 4.10. The fourth-order valence-corrected chi connectivity index (χ4v) is 7.43. The van der Waals surface area contributed by atoms with Crippen molar-refractivity contribution in [3.63, 3.8) is 0 Å². The molecule has 0 amide bonds. The van der Waals surface area contributed by atoms with Crippen molar-refractivity contribution >= 4 is 11.1 Å². The molecule has 0 saturated heterocycles. The average molecular weight is 334 g/mol. The van der Waals surface area contributed by atoms with Gasteiger partial charge in [0.25, 0.3) is 0 Å².